The van der Waals surface area contributed by atoms with Gasteiger partial charge in [0, 0.05) is 14.7 Å². The van der Waals surface area contributed by atoms with Gasteiger partial charge >= 0.3 is 0 Å². The van der Waals surface area contributed by atoms with Crippen LogP contribution in [0.4, 0.5) is 0 Å². The van der Waals surface area contributed by atoms with Crippen molar-refractivity contribution in [3.63, 3.8) is 0 Å². The molecule has 0 spiro atoms. The van der Waals surface area contributed by atoms with Crippen molar-refractivity contribution < 1.29 is 5.11 Å². The Balaban J connectivity index is 0.000000371. The minimum atomic E-state index is 0.149. The van der Waals surface area contributed by atoms with E-state index in [4.69, 9.17) is 5.11 Å². The zero-order valence-electron chi connectivity index (χ0n) is 6.10. The monoisotopic (exact) mass is 222 g/mol. The van der Waals surface area contributed by atoms with Gasteiger partial charge < -0.3 is 5.11 Å². The van der Waals surface area contributed by atoms with Crippen LogP contribution in [-0.4, -0.2) is 5.11 Å². The molecule has 0 radical (unpaired) electrons. The van der Waals surface area contributed by atoms with Crippen molar-refractivity contribution in [1.29, 1.82) is 0 Å². The average molecular weight is 223 g/mol. The highest BCUT2D eigenvalue weighted by molar-refractivity contribution is 9.10. The molecule has 1 aromatic heterocycles. The summed E-state index contributed by atoms with van der Waals surface area (Å²) in [5.41, 5.74) is 0. The van der Waals surface area contributed by atoms with E-state index in [1.54, 1.807) is 11.3 Å². The van der Waals surface area contributed by atoms with Crippen LogP contribution in [0, 0.1) is 0 Å². The Morgan fingerprint density at radius 2 is 2.20 bits per heavy atom. The number of aliphatic hydroxyl groups excluding tert-OH is 1. The fourth-order valence-electron chi connectivity index (χ4n) is 0.437. The first-order chi connectivity index (χ1) is 4.83. The molecule has 1 N–H and O–H groups in total. The normalized spacial score (nSPS) is 8.40. The summed E-state index contributed by atoms with van der Waals surface area (Å²) in [6.07, 6.45) is 0. The van der Waals surface area contributed by atoms with E-state index in [1.807, 2.05) is 25.3 Å². The lowest BCUT2D eigenvalue weighted by Gasteiger charge is -1.79. The molecule has 0 amide bonds. The molecule has 0 aliphatic carbocycles. The van der Waals surface area contributed by atoms with Gasteiger partial charge in [-0.2, -0.15) is 0 Å². The molecule has 0 atom stereocenters. The molecule has 0 saturated heterocycles. The molecule has 10 heavy (non-hydrogen) atoms. The topological polar surface area (TPSA) is 20.2 Å². The van der Waals surface area contributed by atoms with Crippen LogP contribution in [0.2, 0.25) is 0 Å². The lowest BCUT2D eigenvalue weighted by Crippen LogP contribution is -1.70. The second kappa shape index (κ2) is 5.89. The fraction of sp³-hybridized carbons (Fsp3) is 0.429. The minimum absolute atomic E-state index is 0.149. The lowest BCUT2D eigenvalue weighted by atomic mass is 10.5. The van der Waals surface area contributed by atoms with E-state index in [9.17, 15) is 0 Å². The highest BCUT2D eigenvalue weighted by Gasteiger charge is 1.91. The van der Waals surface area contributed by atoms with E-state index >= 15 is 0 Å². The van der Waals surface area contributed by atoms with Crippen molar-refractivity contribution in [2.24, 2.45) is 0 Å². The molecule has 0 aliphatic rings. The zero-order valence-corrected chi connectivity index (χ0v) is 8.50. The third kappa shape index (κ3) is 3.34. The summed E-state index contributed by atoms with van der Waals surface area (Å²) in [5.74, 6) is 0. The Bertz CT molecular complexity index is 174. The summed E-state index contributed by atoms with van der Waals surface area (Å²) in [6, 6.07) is 1.91. The number of rotatable bonds is 1. The number of halogens is 1. The van der Waals surface area contributed by atoms with Crippen LogP contribution < -0.4 is 0 Å². The standard InChI is InChI=1S/C5H5BrOS.C2H6/c6-4-1-5(2-7)8-3-4;1-2/h1,3,7H,2H2;1-2H3. The molecule has 1 rings (SSSR count). The maximum Gasteiger partial charge on any atom is 0.0774 e. The van der Waals surface area contributed by atoms with Crippen LogP contribution in [0.1, 0.15) is 18.7 Å². The summed E-state index contributed by atoms with van der Waals surface area (Å²) in [5, 5.41) is 10.5. The van der Waals surface area contributed by atoms with Gasteiger partial charge in [0.1, 0.15) is 0 Å². The molecule has 0 aromatic carbocycles. The molecule has 58 valence electrons. The van der Waals surface area contributed by atoms with E-state index in [0.717, 1.165) is 9.35 Å². The first-order valence-corrected chi connectivity index (χ1v) is 4.84. The van der Waals surface area contributed by atoms with Gasteiger partial charge in [0.25, 0.3) is 0 Å². The molecule has 0 saturated carbocycles. The Morgan fingerprint density at radius 1 is 1.60 bits per heavy atom. The van der Waals surface area contributed by atoms with Gasteiger partial charge in [0.15, 0.2) is 0 Å². The Morgan fingerprint density at radius 3 is 2.40 bits per heavy atom. The highest BCUT2D eigenvalue weighted by Crippen LogP contribution is 2.18. The summed E-state index contributed by atoms with van der Waals surface area (Å²) in [4.78, 5) is 0.997. The van der Waals surface area contributed by atoms with Gasteiger partial charge in [0.2, 0.25) is 0 Å². The van der Waals surface area contributed by atoms with E-state index in [0.29, 0.717) is 0 Å². The van der Waals surface area contributed by atoms with Crippen LogP contribution in [0.25, 0.3) is 0 Å². The van der Waals surface area contributed by atoms with Crippen molar-refractivity contribution in [2.75, 3.05) is 0 Å². The van der Waals surface area contributed by atoms with Crippen molar-refractivity contribution >= 4 is 27.3 Å². The second-order valence-electron chi connectivity index (χ2n) is 1.39. The van der Waals surface area contributed by atoms with Crippen molar-refractivity contribution in [2.45, 2.75) is 20.5 Å². The first kappa shape index (κ1) is 10.1. The van der Waals surface area contributed by atoms with Gasteiger partial charge in [-0.25, -0.2) is 0 Å². The predicted octanol–water partition coefficient (Wildman–Crippen LogP) is 3.03. The second-order valence-corrected chi connectivity index (χ2v) is 3.30. The maximum atomic E-state index is 8.54. The molecular weight excluding hydrogens is 212 g/mol. The van der Waals surface area contributed by atoms with Crippen LogP contribution in [0.15, 0.2) is 15.9 Å². The Labute approximate surface area is 73.8 Å². The number of thiophene rings is 1. The predicted molar refractivity (Wildman–Crippen MR) is 49.3 cm³/mol. The molecular formula is C7H11BrOS. The minimum Gasteiger partial charge on any atom is -0.391 e. The van der Waals surface area contributed by atoms with Gasteiger partial charge in [-0.05, 0) is 22.0 Å². The van der Waals surface area contributed by atoms with Crippen molar-refractivity contribution in [1.82, 2.24) is 0 Å². The molecule has 0 fully saturated rings. The first-order valence-electron chi connectivity index (χ1n) is 3.16. The van der Waals surface area contributed by atoms with Crippen LogP contribution in [-0.2, 0) is 6.61 Å². The largest absolute Gasteiger partial charge is 0.391 e. The molecule has 1 nitrogen and oxygen atoms in total. The molecule has 0 aliphatic heterocycles. The summed E-state index contributed by atoms with van der Waals surface area (Å²) < 4.78 is 1.05. The molecule has 3 heteroatoms. The Hall–Kier alpha value is 0.140. The van der Waals surface area contributed by atoms with E-state index in [2.05, 4.69) is 15.9 Å². The van der Waals surface area contributed by atoms with E-state index < -0.39 is 0 Å². The van der Waals surface area contributed by atoms with Gasteiger partial charge in [0.05, 0.1) is 6.61 Å². The van der Waals surface area contributed by atoms with Gasteiger partial charge in [-0.15, -0.1) is 11.3 Å². The van der Waals surface area contributed by atoms with Crippen molar-refractivity contribution in [3.8, 4) is 0 Å². The quantitative estimate of drug-likeness (QED) is 0.775. The lowest BCUT2D eigenvalue weighted by molar-refractivity contribution is 0.285. The molecule has 0 unspecified atom stereocenters. The molecule has 1 heterocycles. The third-order valence-electron chi connectivity index (χ3n) is 0.778. The SMILES string of the molecule is CC.OCc1cc(Br)cs1. The van der Waals surface area contributed by atoms with E-state index in [1.165, 1.54) is 0 Å². The summed E-state index contributed by atoms with van der Waals surface area (Å²) >= 11 is 4.82. The van der Waals surface area contributed by atoms with Crippen molar-refractivity contribution in [3.05, 3.63) is 20.8 Å². The number of aliphatic hydroxyl groups is 1. The zero-order chi connectivity index (χ0) is 7.98. The number of hydrogen-bond donors (Lipinski definition) is 1. The molecule has 1 aromatic rings. The van der Waals surface area contributed by atoms with Crippen LogP contribution >= 0.6 is 27.3 Å². The summed E-state index contributed by atoms with van der Waals surface area (Å²) in [6.45, 7) is 4.15. The average Bonchev–Trinajstić information content (AvgIpc) is 2.40. The highest BCUT2D eigenvalue weighted by atomic mass is 79.9. The number of hydrogen-bond acceptors (Lipinski definition) is 2. The van der Waals surface area contributed by atoms with E-state index in [-0.39, 0.29) is 6.61 Å². The Kier molecular flexibility index (Phi) is 5.97. The summed E-state index contributed by atoms with van der Waals surface area (Å²) in [7, 11) is 0. The smallest absolute Gasteiger partial charge is 0.0774 e. The van der Waals surface area contributed by atoms with Gasteiger partial charge in [-0.1, -0.05) is 13.8 Å². The van der Waals surface area contributed by atoms with Crippen LogP contribution in [0.5, 0.6) is 0 Å². The fourth-order valence-corrected chi connectivity index (χ4v) is 1.75. The molecule has 0 bridgehead atoms. The van der Waals surface area contributed by atoms with Crippen LogP contribution in [0.3, 0.4) is 0 Å². The third-order valence-corrected chi connectivity index (χ3v) is 2.46. The maximum absolute atomic E-state index is 8.54. The van der Waals surface area contributed by atoms with Gasteiger partial charge in [-0.3, -0.25) is 0 Å².